The van der Waals surface area contributed by atoms with Gasteiger partial charge in [0, 0.05) is 25.2 Å². The van der Waals surface area contributed by atoms with Gasteiger partial charge in [0.15, 0.2) is 0 Å². The Morgan fingerprint density at radius 3 is 2.34 bits per heavy atom. The second-order valence-corrected chi connectivity index (χ2v) is 12.2. The Bertz CT molecular complexity index is 1310. The summed E-state index contributed by atoms with van der Waals surface area (Å²) in [5.41, 5.74) is 2.03. The highest BCUT2D eigenvalue weighted by Crippen LogP contribution is 2.40. The number of rotatable bonds is 9. The van der Waals surface area contributed by atoms with E-state index in [4.69, 9.17) is 0 Å². The van der Waals surface area contributed by atoms with Crippen molar-refractivity contribution in [3.8, 4) is 0 Å². The van der Waals surface area contributed by atoms with E-state index in [1.807, 2.05) is 50.2 Å². The van der Waals surface area contributed by atoms with E-state index in [1.165, 1.54) is 21.3 Å². The smallest absolute Gasteiger partial charge is 0.295 e. The second-order valence-electron chi connectivity index (χ2n) is 10.2. The molecule has 38 heavy (non-hydrogen) atoms. The van der Waals surface area contributed by atoms with Gasteiger partial charge in [-0.1, -0.05) is 49.7 Å². The molecule has 1 amide bonds. The Labute approximate surface area is 225 Å². The average molecular weight is 540 g/mol. The molecule has 2 aromatic carbocycles. The van der Waals surface area contributed by atoms with Gasteiger partial charge in [-0.15, -0.1) is 0 Å². The zero-order chi connectivity index (χ0) is 27.4. The minimum atomic E-state index is -3.74. The van der Waals surface area contributed by atoms with Gasteiger partial charge in [-0.25, -0.2) is 8.42 Å². The van der Waals surface area contributed by atoms with Crippen LogP contribution in [0.5, 0.6) is 0 Å². The van der Waals surface area contributed by atoms with Crippen LogP contribution in [-0.4, -0.2) is 79.6 Å². The summed E-state index contributed by atoms with van der Waals surface area (Å²) in [5.74, 6) is -1.79. The van der Waals surface area contributed by atoms with Crippen molar-refractivity contribution in [2.45, 2.75) is 50.0 Å². The monoisotopic (exact) mass is 539 g/mol. The predicted octanol–water partition coefficient (Wildman–Crippen LogP) is 3.80. The molecule has 0 radical (unpaired) electrons. The van der Waals surface area contributed by atoms with Gasteiger partial charge in [0.25, 0.3) is 11.7 Å². The van der Waals surface area contributed by atoms with E-state index in [1.54, 1.807) is 12.1 Å². The lowest BCUT2D eigenvalue weighted by atomic mass is 9.94. The van der Waals surface area contributed by atoms with E-state index in [9.17, 15) is 23.1 Å². The minimum Gasteiger partial charge on any atom is -0.507 e. The molecule has 0 saturated carbocycles. The van der Waals surface area contributed by atoms with Crippen molar-refractivity contribution in [2.24, 2.45) is 0 Å². The highest BCUT2D eigenvalue weighted by molar-refractivity contribution is 7.89. The summed E-state index contributed by atoms with van der Waals surface area (Å²) in [5, 5.41) is 11.4. The van der Waals surface area contributed by atoms with Crippen molar-refractivity contribution in [1.29, 1.82) is 0 Å². The Hall–Kier alpha value is -3.01. The number of carbonyl (C=O) groups excluding carboxylic acids is 2. The molecule has 0 bridgehead atoms. The molecular weight excluding hydrogens is 502 g/mol. The number of benzene rings is 2. The lowest BCUT2D eigenvalue weighted by Crippen LogP contribution is -2.35. The van der Waals surface area contributed by atoms with Crippen molar-refractivity contribution in [1.82, 2.24) is 14.1 Å². The highest BCUT2D eigenvalue weighted by atomic mass is 32.2. The molecule has 8 nitrogen and oxygen atoms in total. The zero-order valence-electron chi connectivity index (χ0n) is 22.4. The van der Waals surface area contributed by atoms with E-state index < -0.39 is 27.8 Å². The number of sulfonamides is 1. The normalized spacial score (nSPS) is 20.4. The van der Waals surface area contributed by atoms with Crippen LogP contribution in [0.3, 0.4) is 0 Å². The third kappa shape index (κ3) is 5.70. The number of likely N-dealkylation sites (tertiary alicyclic amines) is 1. The van der Waals surface area contributed by atoms with Crippen molar-refractivity contribution >= 4 is 27.5 Å². The fourth-order valence-corrected chi connectivity index (χ4v) is 6.73. The number of hydrogen-bond acceptors (Lipinski definition) is 6. The van der Waals surface area contributed by atoms with Gasteiger partial charge < -0.3 is 14.9 Å². The van der Waals surface area contributed by atoms with Gasteiger partial charge >= 0.3 is 0 Å². The van der Waals surface area contributed by atoms with Crippen LogP contribution >= 0.6 is 0 Å². The van der Waals surface area contributed by atoms with E-state index in [0.717, 1.165) is 43.4 Å². The summed E-state index contributed by atoms with van der Waals surface area (Å²) in [4.78, 5) is 30.1. The maximum atomic E-state index is 13.3. The molecule has 2 aromatic rings. The number of nitrogens with zero attached hydrogens (tertiary/aromatic N) is 3. The van der Waals surface area contributed by atoms with Crippen molar-refractivity contribution < 1.29 is 23.1 Å². The van der Waals surface area contributed by atoms with E-state index >= 15 is 0 Å². The van der Waals surface area contributed by atoms with Gasteiger partial charge in [0.05, 0.1) is 16.5 Å². The first-order valence-corrected chi connectivity index (χ1v) is 14.7. The van der Waals surface area contributed by atoms with Crippen molar-refractivity contribution in [3.63, 3.8) is 0 Å². The molecule has 204 valence electrons. The number of aliphatic hydroxyl groups is 1. The Kier molecular flexibility index (Phi) is 8.70. The quantitative estimate of drug-likeness (QED) is 0.296. The van der Waals surface area contributed by atoms with Crippen LogP contribution < -0.4 is 0 Å². The van der Waals surface area contributed by atoms with Crippen molar-refractivity contribution in [2.75, 3.05) is 40.3 Å². The number of hydrogen-bond donors (Lipinski definition) is 1. The maximum Gasteiger partial charge on any atom is 0.295 e. The minimum absolute atomic E-state index is 0.0170. The number of amides is 1. The highest BCUT2D eigenvalue weighted by Gasteiger charge is 2.45. The molecule has 2 fully saturated rings. The molecule has 2 aliphatic heterocycles. The van der Waals surface area contributed by atoms with Gasteiger partial charge in [-0.05, 0) is 69.6 Å². The van der Waals surface area contributed by atoms with Crippen LogP contribution in [0.1, 0.15) is 55.3 Å². The van der Waals surface area contributed by atoms with Gasteiger partial charge in [-0.2, -0.15) is 4.31 Å². The van der Waals surface area contributed by atoms with E-state index in [2.05, 4.69) is 0 Å². The summed E-state index contributed by atoms with van der Waals surface area (Å²) in [7, 11) is 0.151. The SMILES string of the molecule is CCc1ccc([C@@H]2C(=C(O)c3cccc(S(=O)(=O)N4CCCCC4)c3)C(=O)C(=O)N2CCCN(C)C)cc1. The standard InChI is InChI=1S/C29H37N3O5S/c1-4-21-12-14-22(15-13-21)26-25(28(34)29(35)32(26)19-9-16-30(2)3)27(33)23-10-8-11-24(20-23)38(36,37)31-17-6-5-7-18-31/h8,10-15,20,26,33H,4-7,9,16-19H2,1-3H3/t26-/m1/s1. The largest absolute Gasteiger partial charge is 0.507 e. The molecule has 0 aliphatic carbocycles. The van der Waals surface area contributed by atoms with Crippen LogP contribution in [0.25, 0.3) is 5.76 Å². The first-order valence-electron chi connectivity index (χ1n) is 13.3. The molecule has 2 aliphatic rings. The van der Waals surface area contributed by atoms with Crippen molar-refractivity contribution in [3.05, 3.63) is 70.8 Å². The molecule has 1 atom stereocenters. The molecule has 0 spiro atoms. The molecule has 2 saturated heterocycles. The first-order chi connectivity index (χ1) is 18.1. The van der Waals surface area contributed by atoms with Crippen LogP contribution in [0.2, 0.25) is 0 Å². The van der Waals surface area contributed by atoms with Crippen LogP contribution in [0.15, 0.2) is 59.0 Å². The second kappa shape index (κ2) is 11.8. The predicted molar refractivity (Wildman–Crippen MR) is 147 cm³/mol. The van der Waals surface area contributed by atoms with E-state index in [0.29, 0.717) is 26.1 Å². The topological polar surface area (TPSA) is 98.2 Å². The zero-order valence-corrected chi connectivity index (χ0v) is 23.2. The number of ketones is 1. The summed E-state index contributed by atoms with van der Waals surface area (Å²) in [6.45, 7) is 4.06. The van der Waals surface area contributed by atoms with Crippen LogP contribution in [0, 0.1) is 0 Å². The molecule has 2 heterocycles. The van der Waals surface area contributed by atoms with Crippen LogP contribution in [0.4, 0.5) is 0 Å². The molecule has 0 unspecified atom stereocenters. The van der Waals surface area contributed by atoms with E-state index in [-0.39, 0.29) is 21.8 Å². The fourth-order valence-electron chi connectivity index (χ4n) is 5.16. The van der Waals surface area contributed by atoms with Gasteiger partial charge in [0.1, 0.15) is 5.76 Å². The number of aliphatic hydroxyl groups excluding tert-OH is 1. The number of piperidine rings is 1. The number of aryl methyl sites for hydroxylation is 1. The lowest BCUT2D eigenvalue weighted by molar-refractivity contribution is -0.139. The summed E-state index contributed by atoms with van der Waals surface area (Å²) >= 11 is 0. The van der Waals surface area contributed by atoms with Gasteiger partial charge in [0.2, 0.25) is 10.0 Å². The Morgan fingerprint density at radius 2 is 1.71 bits per heavy atom. The molecular formula is C29H37N3O5S. The summed E-state index contributed by atoms with van der Waals surface area (Å²) < 4.78 is 28.0. The number of carbonyl (C=O) groups is 2. The average Bonchev–Trinajstić information content (AvgIpc) is 3.18. The molecule has 9 heteroatoms. The van der Waals surface area contributed by atoms with Crippen LogP contribution in [-0.2, 0) is 26.0 Å². The molecule has 4 rings (SSSR count). The summed E-state index contributed by atoms with van der Waals surface area (Å²) in [6.07, 6.45) is 4.13. The Balaban J connectivity index is 1.77. The first kappa shape index (κ1) is 28.0. The third-order valence-corrected chi connectivity index (χ3v) is 9.20. The maximum absolute atomic E-state index is 13.3. The summed E-state index contributed by atoms with van der Waals surface area (Å²) in [6, 6.07) is 13.0. The third-order valence-electron chi connectivity index (χ3n) is 7.31. The lowest BCUT2D eigenvalue weighted by Gasteiger charge is -2.26. The molecule has 1 N–H and O–H groups in total. The Morgan fingerprint density at radius 1 is 1.03 bits per heavy atom. The number of Topliss-reactive ketones (excluding diaryl/α,β-unsaturated/α-hetero) is 1. The fraction of sp³-hybridized carbons (Fsp3) is 0.448. The van der Waals surface area contributed by atoms with Gasteiger partial charge in [-0.3, -0.25) is 9.59 Å². The molecule has 0 aromatic heterocycles.